The standard InChI is InChI=1S/C20H26N2O4/c23-19(22-9-2-1-3-10-22)13-26-15-6-4-14(5-7-15)20(24)21-17-12-18-16(17)8-11-25-18/h4-7,16-18H,1-3,8-13H2,(H,21,24)/t16-,17+,18+/m0/s1. The summed E-state index contributed by atoms with van der Waals surface area (Å²) in [6.07, 6.45) is 5.63. The van der Waals surface area contributed by atoms with E-state index in [2.05, 4.69) is 5.32 Å². The molecule has 2 aliphatic heterocycles. The molecule has 2 amide bonds. The van der Waals surface area contributed by atoms with Gasteiger partial charge in [0.1, 0.15) is 5.75 Å². The number of fused-ring (bicyclic) bond motifs is 1. The van der Waals surface area contributed by atoms with Crippen molar-refractivity contribution in [3.8, 4) is 5.75 Å². The van der Waals surface area contributed by atoms with Crippen molar-refractivity contribution < 1.29 is 19.1 Å². The Morgan fingerprint density at radius 3 is 2.65 bits per heavy atom. The smallest absolute Gasteiger partial charge is 0.260 e. The number of likely N-dealkylation sites (tertiary alicyclic amines) is 1. The third-order valence-electron chi connectivity index (χ3n) is 5.77. The van der Waals surface area contributed by atoms with E-state index in [1.165, 1.54) is 6.42 Å². The molecule has 6 heteroatoms. The second-order valence-corrected chi connectivity index (χ2v) is 7.43. The lowest BCUT2D eigenvalue weighted by Gasteiger charge is -2.39. The average molecular weight is 358 g/mol. The van der Waals surface area contributed by atoms with Crippen LogP contribution in [0, 0.1) is 5.92 Å². The second-order valence-electron chi connectivity index (χ2n) is 7.43. The van der Waals surface area contributed by atoms with Crippen LogP contribution in [0.25, 0.3) is 0 Å². The van der Waals surface area contributed by atoms with E-state index in [9.17, 15) is 9.59 Å². The molecule has 1 aromatic carbocycles. The maximum atomic E-state index is 12.4. The van der Waals surface area contributed by atoms with Gasteiger partial charge in [-0.25, -0.2) is 0 Å². The van der Waals surface area contributed by atoms with Gasteiger partial charge in [0.15, 0.2) is 6.61 Å². The van der Waals surface area contributed by atoms with Gasteiger partial charge in [-0.15, -0.1) is 0 Å². The van der Waals surface area contributed by atoms with Gasteiger partial charge < -0.3 is 19.7 Å². The summed E-state index contributed by atoms with van der Waals surface area (Å²) in [4.78, 5) is 26.4. The molecule has 1 N–H and O–H groups in total. The Morgan fingerprint density at radius 1 is 1.15 bits per heavy atom. The number of amides is 2. The summed E-state index contributed by atoms with van der Waals surface area (Å²) in [5.74, 6) is 1.06. The van der Waals surface area contributed by atoms with Crippen molar-refractivity contribution in [3.63, 3.8) is 0 Å². The molecule has 1 saturated carbocycles. The quantitative estimate of drug-likeness (QED) is 0.874. The summed E-state index contributed by atoms with van der Waals surface area (Å²) in [7, 11) is 0. The number of rotatable bonds is 5. The highest BCUT2D eigenvalue weighted by Gasteiger charge is 2.45. The fraction of sp³-hybridized carbons (Fsp3) is 0.600. The number of carbonyl (C=O) groups excluding carboxylic acids is 2. The Bertz CT molecular complexity index is 654. The van der Waals surface area contributed by atoms with Crippen molar-refractivity contribution in [2.24, 2.45) is 5.92 Å². The third-order valence-corrected chi connectivity index (χ3v) is 5.77. The first kappa shape index (κ1) is 17.3. The molecule has 1 aromatic rings. The molecule has 140 valence electrons. The van der Waals surface area contributed by atoms with Crippen LogP contribution in [0.1, 0.15) is 42.5 Å². The predicted molar refractivity (Wildman–Crippen MR) is 96.1 cm³/mol. The largest absolute Gasteiger partial charge is 0.484 e. The molecule has 1 aliphatic carbocycles. The molecule has 2 heterocycles. The predicted octanol–water partition coefficient (Wildman–Crippen LogP) is 1.99. The topological polar surface area (TPSA) is 67.9 Å². The minimum absolute atomic E-state index is 0.0323. The van der Waals surface area contributed by atoms with E-state index in [0.717, 1.165) is 45.4 Å². The molecule has 3 atom stereocenters. The number of carbonyl (C=O) groups is 2. The fourth-order valence-electron chi connectivity index (χ4n) is 4.10. The zero-order chi connectivity index (χ0) is 17.9. The van der Waals surface area contributed by atoms with Gasteiger partial charge >= 0.3 is 0 Å². The first-order valence-corrected chi connectivity index (χ1v) is 9.64. The summed E-state index contributed by atoms with van der Waals surface area (Å²) >= 11 is 0. The van der Waals surface area contributed by atoms with Gasteiger partial charge in [-0.2, -0.15) is 0 Å². The van der Waals surface area contributed by atoms with Crippen LogP contribution in [0.5, 0.6) is 5.75 Å². The van der Waals surface area contributed by atoms with Gasteiger partial charge in [-0.05, 0) is 56.4 Å². The molecule has 3 aliphatic rings. The molecule has 6 nitrogen and oxygen atoms in total. The summed E-state index contributed by atoms with van der Waals surface area (Å²) < 4.78 is 11.2. The van der Waals surface area contributed by atoms with Crippen LogP contribution in [-0.2, 0) is 9.53 Å². The highest BCUT2D eigenvalue weighted by Crippen LogP contribution is 2.38. The number of ether oxygens (including phenoxy) is 2. The number of nitrogens with one attached hydrogen (secondary N) is 1. The van der Waals surface area contributed by atoms with Crippen LogP contribution in [0.3, 0.4) is 0 Å². The number of nitrogens with zero attached hydrogens (tertiary/aromatic N) is 1. The molecule has 0 bridgehead atoms. The van der Waals surface area contributed by atoms with Crippen molar-refractivity contribution >= 4 is 11.8 Å². The van der Waals surface area contributed by atoms with Crippen molar-refractivity contribution in [2.45, 2.75) is 44.2 Å². The lowest BCUT2D eigenvalue weighted by molar-refractivity contribution is -0.134. The van der Waals surface area contributed by atoms with E-state index in [4.69, 9.17) is 9.47 Å². The van der Waals surface area contributed by atoms with Crippen molar-refractivity contribution in [2.75, 3.05) is 26.3 Å². The summed E-state index contributed by atoms with van der Waals surface area (Å²) in [5.41, 5.74) is 0.613. The van der Waals surface area contributed by atoms with Crippen molar-refractivity contribution in [3.05, 3.63) is 29.8 Å². The zero-order valence-corrected chi connectivity index (χ0v) is 15.0. The first-order valence-electron chi connectivity index (χ1n) is 9.64. The second kappa shape index (κ2) is 7.66. The Labute approximate surface area is 153 Å². The number of benzene rings is 1. The van der Waals surface area contributed by atoms with Gasteiger partial charge in [0.25, 0.3) is 11.8 Å². The summed E-state index contributed by atoms with van der Waals surface area (Å²) in [5, 5.41) is 3.10. The molecule has 0 radical (unpaired) electrons. The van der Waals surface area contributed by atoms with Gasteiger partial charge in [0.05, 0.1) is 6.10 Å². The Kier molecular flexibility index (Phi) is 5.11. The molecular weight excluding hydrogens is 332 g/mol. The number of hydrogen-bond acceptors (Lipinski definition) is 4. The first-order chi connectivity index (χ1) is 12.7. The highest BCUT2D eigenvalue weighted by molar-refractivity contribution is 5.94. The van der Waals surface area contributed by atoms with E-state index < -0.39 is 0 Å². The monoisotopic (exact) mass is 358 g/mol. The normalized spacial score (nSPS) is 27.4. The minimum atomic E-state index is -0.0590. The SMILES string of the molecule is O=C(N[C@@H]1C[C@H]2OCC[C@@H]12)c1ccc(OCC(=O)N2CCCCC2)cc1. The number of hydrogen-bond donors (Lipinski definition) is 1. The van der Waals surface area contributed by atoms with Gasteiger partial charge in [0, 0.05) is 37.2 Å². The van der Waals surface area contributed by atoms with E-state index >= 15 is 0 Å². The van der Waals surface area contributed by atoms with Gasteiger partial charge in [0.2, 0.25) is 0 Å². The molecule has 26 heavy (non-hydrogen) atoms. The van der Waals surface area contributed by atoms with Crippen LogP contribution < -0.4 is 10.1 Å². The minimum Gasteiger partial charge on any atom is -0.484 e. The molecule has 4 rings (SSSR count). The van der Waals surface area contributed by atoms with Crippen molar-refractivity contribution in [1.29, 1.82) is 0 Å². The molecule has 0 unspecified atom stereocenters. The number of piperidine rings is 1. The van der Waals surface area contributed by atoms with E-state index in [1.807, 2.05) is 4.90 Å². The van der Waals surface area contributed by atoms with Crippen molar-refractivity contribution in [1.82, 2.24) is 10.2 Å². The molecule has 2 saturated heterocycles. The van der Waals surface area contributed by atoms with E-state index in [0.29, 0.717) is 23.3 Å². The maximum absolute atomic E-state index is 12.4. The molecule has 0 spiro atoms. The summed E-state index contributed by atoms with van der Waals surface area (Å²) in [6.45, 7) is 2.52. The molecule has 3 fully saturated rings. The Balaban J connectivity index is 1.25. The molecule has 0 aromatic heterocycles. The van der Waals surface area contributed by atoms with Crippen LogP contribution >= 0.6 is 0 Å². The average Bonchev–Trinajstić information content (AvgIpc) is 3.06. The van der Waals surface area contributed by atoms with Gasteiger partial charge in [-0.3, -0.25) is 9.59 Å². The third kappa shape index (κ3) is 3.70. The Hall–Kier alpha value is -2.08. The van der Waals surface area contributed by atoms with E-state index in [1.54, 1.807) is 24.3 Å². The maximum Gasteiger partial charge on any atom is 0.260 e. The van der Waals surface area contributed by atoms with Crippen LogP contribution in [0.2, 0.25) is 0 Å². The highest BCUT2D eigenvalue weighted by atomic mass is 16.5. The van der Waals surface area contributed by atoms with Crippen LogP contribution in [-0.4, -0.2) is 55.2 Å². The van der Waals surface area contributed by atoms with Crippen LogP contribution in [0.15, 0.2) is 24.3 Å². The van der Waals surface area contributed by atoms with E-state index in [-0.39, 0.29) is 24.5 Å². The zero-order valence-electron chi connectivity index (χ0n) is 15.0. The Morgan fingerprint density at radius 2 is 1.92 bits per heavy atom. The molecular formula is C20H26N2O4. The fourth-order valence-corrected chi connectivity index (χ4v) is 4.10. The van der Waals surface area contributed by atoms with Gasteiger partial charge in [-0.1, -0.05) is 0 Å². The van der Waals surface area contributed by atoms with Crippen LogP contribution in [0.4, 0.5) is 0 Å². The lowest BCUT2D eigenvalue weighted by atomic mass is 9.76. The lowest BCUT2D eigenvalue weighted by Crippen LogP contribution is -2.53. The summed E-state index contributed by atoms with van der Waals surface area (Å²) in [6, 6.07) is 7.23.